The number of methoxy groups -OCH3 is 1. The number of benzene rings is 1. The lowest BCUT2D eigenvalue weighted by molar-refractivity contribution is 0.0316. The van der Waals surface area contributed by atoms with Crippen LogP contribution >= 0.6 is 0 Å². The van der Waals surface area contributed by atoms with E-state index in [2.05, 4.69) is 4.98 Å². The minimum atomic E-state index is -0.990. The topological polar surface area (TPSA) is 85.5 Å². The zero-order chi connectivity index (χ0) is 19.4. The van der Waals surface area contributed by atoms with Gasteiger partial charge in [-0.05, 0) is 50.5 Å². The molecule has 0 saturated carbocycles. The third-order valence-electron chi connectivity index (χ3n) is 4.32. The highest BCUT2D eigenvalue weighted by atomic mass is 16.5. The second kappa shape index (κ2) is 7.99. The Hall–Kier alpha value is -2.89. The van der Waals surface area contributed by atoms with E-state index in [1.807, 2.05) is 19.1 Å². The van der Waals surface area contributed by atoms with Crippen LogP contribution in [0.25, 0.3) is 0 Å². The van der Waals surface area contributed by atoms with Crippen LogP contribution < -0.4 is 0 Å². The summed E-state index contributed by atoms with van der Waals surface area (Å²) in [6.45, 7) is 6.87. The number of nitrogens with one attached hydrogen (secondary N) is 1. The van der Waals surface area contributed by atoms with Gasteiger partial charge in [0.25, 0.3) is 0 Å². The fourth-order valence-corrected chi connectivity index (χ4v) is 2.77. The number of aryl methyl sites for hydroxylation is 2. The maximum absolute atomic E-state index is 12.6. The van der Waals surface area contributed by atoms with Gasteiger partial charge in [0.15, 0.2) is 6.10 Å². The summed E-state index contributed by atoms with van der Waals surface area (Å²) < 4.78 is 10.0. The highest BCUT2D eigenvalue weighted by molar-refractivity contribution is 6.04. The first-order valence-electron chi connectivity index (χ1n) is 8.41. The average molecular weight is 357 g/mol. The van der Waals surface area contributed by atoms with Crippen molar-refractivity contribution in [2.45, 2.75) is 40.2 Å². The summed E-state index contributed by atoms with van der Waals surface area (Å²) in [6.07, 6.45) is -0.117. The second-order valence-corrected chi connectivity index (χ2v) is 6.08. The van der Waals surface area contributed by atoms with Crippen LogP contribution in [-0.4, -0.2) is 35.9 Å². The second-order valence-electron chi connectivity index (χ2n) is 6.08. The van der Waals surface area contributed by atoms with E-state index in [9.17, 15) is 14.4 Å². The van der Waals surface area contributed by atoms with Gasteiger partial charge in [0.1, 0.15) is 0 Å². The van der Waals surface area contributed by atoms with Gasteiger partial charge < -0.3 is 14.5 Å². The smallest absolute Gasteiger partial charge is 0.339 e. The molecule has 6 nitrogen and oxygen atoms in total. The molecule has 2 rings (SSSR count). The molecule has 0 bridgehead atoms. The number of H-pyrrole nitrogens is 1. The van der Waals surface area contributed by atoms with E-state index in [-0.39, 0.29) is 5.69 Å². The van der Waals surface area contributed by atoms with Crippen LogP contribution in [0.2, 0.25) is 0 Å². The Kier molecular flexibility index (Phi) is 5.97. The SMILES string of the molecule is CCc1ccc(C(=O)O[C@@H](C)C(=O)c2[nH]c(C)c(C(=O)OC)c2C)cc1. The van der Waals surface area contributed by atoms with Gasteiger partial charge in [0.2, 0.25) is 5.78 Å². The number of carbonyl (C=O) groups excluding carboxylic acids is 3. The van der Waals surface area contributed by atoms with Gasteiger partial charge in [-0.25, -0.2) is 9.59 Å². The molecule has 0 aliphatic carbocycles. The molecule has 1 N–H and O–H groups in total. The summed E-state index contributed by atoms with van der Waals surface area (Å²) in [5.41, 5.74) is 3.07. The number of carbonyl (C=O) groups is 3. The Morgan fingerprint density at radius 3 is 2.23 bits per heavy atom. The molecule has 0 radical (unpaired) electrons. The molecule has 0 fully saturated rings. The van der Waals surface area contributed by atoms with Gasteiger partial charge in [-0.3, -0.25) is 4.79 Å². The summed E-state index contributed by atoms with van der Waals surface area (Å²) in [5, 5.41) is 0. The van der Waals surface area contributed by atoms with E-state index in [0.29, 0.717) is 22.4 Å². The highest BCUT2D eigenvalue weighted by Gasteiger charge is 2.27. The van der Waals surface area contributed by atoms with Gasteiger partial charge >= 0.3 is 11.9 Å². The standard InChI is InChI=1S/C20H23NO5/c1-6-14-7-9-15(10-8-14)19(23)26-13(4)18(22)17-11(2)16(12(3)21-17)20(24)25-5/h7-10,13,21H,6H2,1-5H3/t13-/m0/s1. The molecular formula is C20H23NO5. The van der Waals surface area contributed by atoms with Crippen molar-refractivity contribution in [3.05, 3.63) is 57.9 Å². The van der Waals surface area contributed by atoms with Crippen molar-refractivity contribution in [1.29, 1.82) is 0 Å². The number of Topliss-reactive ketones (excluding diaryl/α,β-unsaturated/α-hetero) is 1. The first-order valence-corrected chi connectivity index (χ1v) is 8.41. The van der Waals surface area contributed by atoms with E-state index in [4.69, 9.17) is 9.47 Å². The van der Waals surface area contributed by atoms with Crippen molar-refractivity contribution in [2.75, 3.05) is 7.11 Å². The number of hydrogen-bond donors (Lipinski definition) is 1. The van der Waals surface area contributed by atoms with E-state index in [1.54, 1.807) is 26.0 Å². The molecule has 0 unspecified atom stereocenters. The molecular weight excluding hydrogens is 334 g/mol. The molecule has 0 spiro atoms. The monoisotopic (exact) mass is 357 g/mol. The summed E-state index contributed by atoms with van der Waals surface area (Å²) in [4.78, 5) is 39.6. The number of ether oxygens (including phenoxy) is 2. The Morgan fingerprint density at radius 1 is 1.08 bits per heavy atom. The van der Waals surface area contributed by atoms with E-state index in [0.717, 1.165) is 12.0 Å². The molecule has 138 valence electrons. The number of ketones is 1. The number of rotatable bonds is 6. The average Bonchev–Trinajstić information content (AvgIpc) is 2.94. The first-order chi connectivity index (χ1) is 12.3. The predicted molar refractivity (Wildman–Crippen MR) is 96.6 cm³/mol. The van der Waals surface area contributed by atoms with Crippen molar-refractivity contribution in [1.82, 2.24) is 4.98 Å². The maximum atomic E-state index is 12.6. The van der Waals surface area contributed by atoms with Crippen LogP contribution in [0.5, 0.6) is 0 Å². The summed E-state index contributed by atoms with van der Waals surface area (Å²) in [6, 6.07) is 7.06. The summed E-state index contributed by atoms with van der Waals surface area (Å²) >= 11 is 0. The Labute approximate surface area is 152 Å². The van der Waals surface area contributed by atoms with Crippen molar-refractivity contribution >= 4 is 17.7 Å². The third kappa shape index (κ3) is 3.85. The van der Waals surface area contributed by atoms with Crippen LogP contribution in [0.3, 0.4) is 0 Å². The molecule has 0 saturated heterocycles. The molecule has 0 aliphatic rings. The Bertz CT molecular complexity index is 833. The van der Waals surface area contributed by atoms with Crippen LogP contribution in [0.15, 0.2) is 24.3 Å². The van der Waals surface area contributed by atoms with E-state index in [1.165, 1.54) is 14.0 Å². The van der Waals surface area contributed by atoms with Gasteiger partial charge in [-0.15, -0.1) is 0 Å². The number of aromatic nitrogens is 1. The lowest BCUT2D eigenvalue weighted by atomic mass is 10.1. The molecule has 1 aromatic carbocycles. The number of aromatic amines is 1. The van der Waals surface area contributed by atoms with Crippen molar-refractivity contribution in [3.8, 4) is 0 Å². The molecule has 1 atom stereocenters. The fourth-order valence-electron chi connectivity index (χ4n) is 2.77. The van der Waals surface area contributed by atoms with Gasteiger partial charge in [-0.1, -0.05) is 19.1 Å². The van der Waals surface area contributed by atoms with E-state index >= 15 is 0 Å². The Morgan fingerprint density at radius 2 is 1.69 bits per heavy atom. The van der Waals surface area contributed by atoms with Gasteiger partial charge in [0, 0.05) is 5.69 Å². The van der Waals surface area contributed by atoms with E-state index < -0.39 is 23.8 Å². The van der Waals surface area contributed by atoms with Crippen LogP contribution in [0.4, 0.5) is 0 Å². The molecule has 0 aliphatic heterocycles. The predicted octanol–water partition coefficient (Wildman–Crippen LogP) is 3.41. The van der Waals surface area contributed by atoms with Gasteiger partial charge in [0.05, 0.1) is 23.9 Å². The molecule has 26 heavy (non-hydrogen) atoms. The minimum Gasteiger partial charge on any atom is -0.465 e. The van der Waals surface area contributed by atoms with Crippen LogP contribution in [-0.2, 0) is 15.9 Å². The molecule has 2 aromatic rings. The van der Waals surface area contributed by atoms with Crippen molar-refractivity contribution in [3.63, 3.8) is 0 Å². The quantitative estimate of drug-likeness (QED) is 0.632. The normalized spacial score (nSPS) is 11.7. The third-order valence-corrected chi connectivity index (χ3v) is 4.32. The van der Waals surface area contributed by atoms with Crippen LogP contribution in [0, 0.1) is 13.8 Å². The highest BCUT2D eigenvalue weighted by Crippen LogP contribution is 2.21. The van der Waals surface area contributed by atoms with Crippen molar-refractivity contribution < 1.29 is 23.9 Å². The molecule has 1 aromatic heterocycles. The maximum Gasteiger partial charge on any atom is 0.339 e. The zero-order valence-corrected chi connectivity index (χ0v) is 15.6. The molecule has 1 heterocycles. The van der Waals surface area contributed by atoms with Crippen molar-refractivity contribution in [2.24, 2.45) is 0 Å². The minimum absolute atomic E-state index is 0.240. The fraction of sp³-hybridized carbons (Fsp3) is 0.350. The first kappa shape index (κ1) is 19.4. The largest absolute Gasteiger partial charge is 0.465 e. The number of hydrogen-bond acceptors (Lipinski definition) is 5. The Balaban J connectivity index is 2.16. The lowest BCUT2D eigenvalue weighted by Crippen LogP contribution is -2.25. The summed E-state index contributed by atoms with van der Waals surface area (Å²) in [5.74, 6) is -1.49. The molecule has 6 heteroatoms. The summed E-state index contributed by atoms with van der Waals surface area (Å²) in [7, 11) is 1.28. The number of esters is 2. The van der Waals surface area contributed by atoms with Crippen LogP contribution in [0.1, 0.15) is 61.9 Å². The van der Waals surface area contributed by atoms with Gasteiger partial charge in [-0.2, -0.15) is 0 Å². The molecule has 0 amide bonds. The zero-order valence-electron chi connectivity index (χ0n) is 15.6. The lowest BCUT2D eigenvalue weighted by Gasteiger charge is -2.12.